The Balaban J connectivity index is 2.23. The van der Waals surface area contributed by atoms with Crippen molar-refractivity contribution in [1.29, 1.82) is 0 Å². The van der Waals surface area contributed by atoms with Crippen molar-refractivity contribution >= 4 is 12.0 Å². The van der Waals surface area contributed by atoms with Gasteiger partial charge in [-0.05, 0) is 18.7 Å². The average Bonchev–Trinajstić information content (AvgIpc) is 2.43. The van der Waals surface area contributed by atoms with Gasteiger partial charge in [-0.25, -0.2) is 4.79 Å². The summed E-state index contributed by atoms with van der Waals surface area (Å²) in [7, 11) is 1.99. The van der Waals surface area contributed by atoms with Crippen LogP contribution in [0.5, 0.6) is 0 Å². The largest absolute Gasteiger partial charge is 0.461 e. The van der Waals surface area contributed by atoms with Gasteiger partial charge >= 0.3 is 5.97 Å². The first kappa shape index (κ1) is 10.9. The molecule has 0 aliphatic carbocycles. The smallest absolute Gasteiger partial charge is 0.335 e. The van der Waals surface area contributed by atoms with Crippen molar-refractivity contribution in [3.05, 3.63) is 41.5 Å². The minimum atomic E-state index is -0.201. The Kier molecular flexibility index (Phi) is 3.37. The minimum absolute atomic E-state index is 0.201. The number of hydrogen-bond donors (Lipinski definition) is 0. The van der Waals surface area contributed by atoms with Crippen LogP contribution in [0.25, 0.3) is 6.08 Å². The molecule has 3 heteroatoms. The first-order valence-electron chi connectivity index (χ1n) is 5.37. The Bertz CT molecular complexity index is 398. The van der Waals surface area contributed by atoms with Gasteiger partial charge in [-0.1, -0.05) is 30.3 Å². The van der Waals surface area contributed by atoms with E-state index in [-0.39, 0.29) is 5.97 Å². The van der Waals surface area contributed by atoms with Gasteiger partial charge in [-0.15, -0.1) is 0 Å². The third kappa shape index (κ3) is 2.70. The molecular formula is C13H15NO2. The van der Waals surface area contributed by atoms with Gasteiger partial charge in [0.2, 0.25) is 0 Å². The third-order valence-corrected chi connectivity index (χ3v) is 2.55. The Morgan fingerprint density at radius 1 is 1.31 bits per heavy atom. The van der Waals surface area contributed by atoms with Crippen molar-refractivity contribution in [2.24, 2.45) is 0 Å². The summed E-state index contributed by atoms with van der Waals surface area (Å²) in [5.74, 6) is -0.201. The van der Waals surface area contributed by atoms with Crippen molar-refractivity contribution < 1.29 is 9.53 Å². The van der Waals surface area contributed by atoms with E-state index in [0.29, 0.717) is 18.7 Å². The second-order valence-electron chi connectivity index (χ2n) is 3.95. The molecule has 1 heterocycles. The lowest BCUT2D eigenvalue weighted by Gasteiger charge is -2.10. The van der Waals surface area contributed by atoms with Crippen molar-refractivity contribution in [3.8, 4) is 0 Å². The molecular weight excluding hydrogens is 202 g/mol. The molecule has 0 spiro atoms. The summed E-state index contributed by atoms with van der Waals surface area (Å²) in [6.45, 7) is 1.91. The van der Waals surface area contributed by atoms with Gasteiger partial charge in [-0.3, -0.25) is 4.90 Å². The maximum absolute atomic E-state index is 11.6. The highest BCUT2D eigenvalue weighted by atomic mass is 16.5. The van der Waals surface area contributed by atoms with Gasteiger partial charge in [0.25, 0.3) is 0 Å². The number of carbonyl (C=O) groups excluding carboxylic acids is 1. The molecule has 0 radical (unpaired) electrons. The van der Waals surface area contributed by atoms with Gasteiger partial charge in [0.1, 0.15) is 6.61 Å². The fraction of sp³-hybridized carbons (Fsp3) is 0.308. The summed E-state index contributed by atoms with van der Waals surface area (Å²) in [5.41, 5.74) is 1.75. The number of rotatable bonds is 1. The van der Waals surface area contributed by atoms with Crippen LogP contribution < -0.4 is 0 Å². The zero-order valence-corrected chi connectivity index (χ0v) is 9.35. The zero-order valence-electron chi connectivity index (χ0n) is 9.35. The molecule has 1 aliphatic rings. The van der Waals surface area contributed by atoms with Crippen LogP contribution in [-0.2, 0) is 9.53 Å². The highest BCUT2D eigenvalue weighted by molar-refractivity contribution is 5.94. The molecule has 0 aromatic heterocycles. The number of cyclic esters (lactones) is 1. The number of esters is 1. The standard InChI is InChI=1S/C13H15NO2/c1-14-7-8-16-13(15)12(10-14)9-11-5-3-2-4-6-11/h2-6,9H,7-8,10H2,1H3/b12-9+. The van der Waals surface area contributed by atoms with Crippen molar-refractivity contribution in [2.45, 2.75) is 0 Å². The molecule has 0 N–H and O–H groups in total. The van der Waals surface area contributed by atoms with Crippen molar-refractivity contribution in [1.82, 2.24) is 4.90 Å². The van der Waals surface area contributed by atoms with E-state index >= 15 is 0 Å². The highest BCUT2D eigenvalue weighted by Gasteiger charge is 2.17. The van der Waals surface area contributed by atoms with Crippen molar-refractivity contribution in [2.75, 3.05) is 26.7 Å². The Labute approximate surface area is 95.3 Å². The molecule has 84 valence electrons. The summed E-state index contributed by atoms with van der Waals surface area (Å²) in [6.07, 6.45) is 1.89. The van der Waals surface area contributed by atoms with Crippen LogP contribution >= 0.6 is 0 Å². The van der Waals surface area contributed by atoms with E-state index < -0.39 is 0 Å². The Morgan fingerprint density at radius 2 is 2.06 bits per heavy atom. The summed E-state index contributed by atoms with van der Waals surface area (Å²) >= 11 is 0. The van der Waals surface area contributed by atoms with Crippen LogP contribution in [0.1, 0.15) is 5.56 Å². The van der Waals surface area contributed by atoms with Crippen molar-refractivity contribution in [3.63, 3.8) is 0 Å². The molecule has 0 atom stereocenters. The number of hydrogen-bond acceptors (Lipinski definition) is 3. The third-order valence-electron chi connectivity index (χ3n) is 2.55. The molecule has 0 unspecified atom stereocenters. The molecule has 1 aromatic carbocycles. The Morgan fingerprint density at radius 3 is 2.81 bits per heavy atom. The lowest BCUT2D eigenvalue weighted by atomic mass is 10.1. The number of ether oxygens (including phenoxy) is 1. The van der Waals surface area contributed by atoms with Gasteiger partial charge in [0.05, 0.1) is 5.57 Å². The summed E-state index contributed by atoms with van der Waals surface area (Å²) < 4.78 is 5.11. The molecule has 1 aromatic rings. The van der Waals surface area contributed by atoms with Gasteiger partial charge in [-0.2, -0.15) is 0 Å². The van der Waals surface area contributed by atoms with E-state index in [0.717, 1.165) is 12.1 Å². The zero-order chi connectivity index (χ0) is 11.4. The molecule has 3 nitrogen and oxygen atoms in total. The van der Waals surface area contributed by atoms with Gasteiger partial charge in [0, 0.05) is 13.1 Å². The normalized spacial score (nSPS) is 20.6. The van der Waals surface area contributed by atoms with Crippen LogP contribution in [0.3, 0.4) is 0 Å². The highest BCUT2D eigenvalue weighted by Crippen LogP contribution is 2.11. The lowest BCUT2D eigenvalue weighted by Crippen LogP contribution is -2.22. The second kappa shape index (κ2) is 4.94. The van der Waals surface area contributed by atoms with E-state index in [1.54, 1.807) is 0 Å². The van der Waals surface area contributed by atoms with Crippen LogP contribution in [0.2, 0.25) is 0 Å². The van der Waals surface area contributed by atoms with E-state index in [9.17, 15) is 4.79 Å². The van der Waals surface area contributed by atoms with E-state index in [1.165, 1.54) is 0 Å². The molecule has 0 bridgehead atoms. The fourth-order valence-electron chi connectivity index (χ4n) is 1.68. The lowest BCUT2D eigenvalue weighted by molar-refractivity contribution is -0.138. The first-order valence-corrected chi connectivity index (χ1v) is 5.37. The number of likely N-dealkylation sites (N-methyl/N-ethyl adjacent to an activating group) is 1. The monoisotopic (exact) mass is 217 g/mol. The summed E-state index contributed by atoms with van der Waals surface area (Å²) in [4.78, 5) is 13.7. The van der Waals surface area contributed by atoms with Gasteiger partial charge < -0.3 is 4.74 Å². The molecule has 2 rings (SSSR count). The van der Waals surface area contributed by atoms with Gasteiger partial charge in [0.15, 0.2) is 0 Å². The maximum Gasteiger partial charge on any atom is 0.335 e. The molecule has 1 saturated heterocycles. The summed E-state index contributed by atoms with van der Waals surface area (Å²) in [5, 5.41) is 0. The van der Waals surface area contributed by atoms with E-state index in [1.807, 2.05) is 43.5 Å². The van der Waals surface area contributed by atoms with Crippen LogP contribution in [-0.4, -0.2) is 37.6 Å². The second-order valence-corrected chi connectivity index (χ2v) is 3.95. The fourth-order valence-corrected chi connectivity index (χ4v) is 1.68. The minimum Gasteiger partial charge on any atom is -0.461 e. The SMILES string of the molecule is CN1CCOC(=O)/C(=C/c2ccccc2)C1. The van der Waals surface area contributed by atoms with Crippen LogP contribution in [0.4, 0.5) is 0 Å². The molecule has 1 fully saturated rings. The summed E-state index contributed by atoms with van der Waals surface area (Å²) in [6, 6.07) is 9.83. The van der Waals surface area contributed by atoms with E-state index in [4.69, 9.17) is 4.74 Å². The quantitative estimate of drug-likeness (QED) is 0.528. The van der Waals surface area contributed by atoms with Crippen LogP contribution in [0, 0.1) is 0 Å². The molecule has 1 aliphatic heterocycles. The average molecular weight is 217 g/mol. The maximum atomic E-state index is 11.6. The molecule has 0 saturated carbocycles. The predicted octanol–water partition coefficient (Wildman–Crippen LogP) is 1.56. The first-order chi connectivity index (χ1) is 7.75. The van der Waals surface area contributed by atoms with E-state index in [2.05, 4.69) is 4.90 Å². The number of nitrogens with zero attached hydrogens (tertiary/aromatic N) is 1. The predicted molar refractivity (Wildman–Crippen MR) is 62.9 cm³/mol. The van der Waals surface area contributed by atoms with Crippen LogP contribution in [0.15, 0.2) is 35.9 Å². The number of benzene rings is 1. The Hall–Kier alpha value is -1.61. The molecule has 16 heavy (non-hydrogen) atoms. The number of carbonyl (C=O) groups is 1. The topological polar surface area (TPSA) is 29.5 Å². The molecule has 0 amide bonds.